The fourth-order valence-electron chi connectivity index (χ4n) is 1.71. The minimum atomic E-state index is 0.412. The molecule has 0 aliphatic carbocycles. The van der Waals surface area contributed by atoms with Gasteiger partial charge >= 0.3 is 0 Å². The van der Waals surface area contributed by atoms with Crippen molar-refractivity contribution in [3.05, 3.63) is 71.8 Å². The number of benzene rings is 2. The van der Waals surface area contributed by atoms with Crippen LogP contribution >= 0.6 is 12.2 Å². The molecule has 3 nitrogen and oxygen atoms in total. The van der Waals surface area contributed by atoms with Crippen LogP contribution in [0.4, 0.5) is 0 Å². The number of methoxy groups -OCH3 is 1. The quantitative estimate of drug-likeness (QED) is 0.534. The Balaban J connectivity index is 2.00. The highest BCUT2D eigenvalue weighted by molar-refractivity contribution is 7.80. The molecule has 20 heavy (non-hydrogen) atoms. The zero-order valence-corrected chi connectivity index (χ0v) is 12.1. The van der Waals surface area contributed by atoms with E-state index in [1.807, 2.05) is 60.7 Å². The number of nitrogens with zero attached hydrogens (tertiary/aromatic N) is 1. The average Bonchev–Trinajstić information content (AvgIpc) is 2.52. The first kappa shape index (κ1) is 14.2. The Kier molecular flexibility index (Phi) is 5.26. The number of hydrogen-bond donors (Lipinski definition) is 1. The highest BCUT2D eigenvalue weighted by Gasteiger charge is 2.04. The molecular formula is C16H16N2OS. The molecule has 2 aromatic carbocycles. The van der Waals surface area contributed by atoms with Gasteiger partial charge < -0.3 is 10.1 Å². The maximum Gasteiger partial charge on any atom is 0.223 e. The van der Waals surface area contributed by atoms with Crippen LogP contribution in [0.3, 0.4) is 0 Å². The fourth-order valence-corrected chi connectivity index (χ4v) is 1.87. The SMILES string of the molecule is CO/C(=N\C(=S)NCc1ccccc1)c1ccccc1. The lowest BCUT2D eigenvalue weighted by Crippen LogP contribution is -2.21. The van der Waals surface area contributed by atoms with Crippen LogP contribution in [0.5, 0.6) is 0 Å². The summed E-state index contributed by atoms with van der Waals surface area (Å²) in [6, 6.07) is 19.7. The first-order valence-electron chi connectivity index (χ1n) is 6.29. The minimum Gasteiger partial charge on any atom is -0.480 e. The van der Waals surface area contributed by atoms with Crippen LogP contribution < -0.4 is 5.32 Å². The molecule has 0 atom stereocenters. The van der Waals surface area contributed by atoms with Gasteiger partial charge in [0.25, 0.3) is 0 Å². The molecule has 0 saturated heterocycles. The second-order valence-corrected chi connectivity index (χ2v) is 4.52. The van der Waals surface area contributed by atoms with Crippen LogP contribution in [0.15, 0.2) is 65.7 Å². The Morgan fingerprint density at radius 1 is 1.05 bits per heavy atom. The topological polar surface area (TPSA) is 33.6 Å². The summed E-state index contributed by atoms with van der Waals surface area (Å²) in [5, 5.41) is 3.51. The Hall–Kier alpha value is -2.20. The summed E-state index contributed by atoms with van der Waals surface area (Å²) in [4.78, 5) is 4.30. The van der Waals surface area contributed by atoms with Crippen molar-refractivity contribution >= 4 is 23.2 Å². The van der Waals surface area contributed by atoms with Crippen LogP contribution in [0.2, 0.25) is 0 Å². The van der Waals surface area contributed by atoms with E-state index < -0.39 is 0 Å². The summed E-state index contributed by atoms with van der Waals surface area (Å²) in [6.07, 6.45) is 0. The Labute approximate surface area is 124 Å². The van der Waals surface area contributed by atoms with Gasteiger partial charge in [-0.15, -0.1) is 0 Å². The van der Waals surface area contributed by atoms with Crippen LogP contribution in [0.1, 0.15) is 11.1 Å². The molecular weight excluding hydrogens is 268 g/mol. The summed E-state index contributed by atoms with van der Waals surface area (Å²) in [7, 11) is 1.59. The van der Waals surface area contributed by atoms with E-state index in [2.05, 4.69) is 10.3 Å². The van der Waals surface area contributed by atoms with Crippen molar-refractivity contribution in [2.24, 2.45) is 4.99 Å². The molecule has 1 N–H and O–H groups in total. The molecule has 0 aromatic heterocycles. The fraction of sp³-hybridized carbons (Fsp3) is 0.125. The van der Waals surface area contributed by atoms with Crippen LogP contribution in [0, 0.1) is 0 Å². The number of rotatable bonds is 3. The van der Waals surface area contributed by atoms with E-state index in [0.29, 0.717) is 17.6 Å². The number of hydrogen-bond acceptors (Lipinski definition) is 2. The van der Waals surface area contributed by atoms with Crippen LogP contribution in [0.25, 0.3) is 0 Å². The molecule has 0 saturated carbocycles. The van der Waals surface area contributed by atoms with Crippen molar-refractivity contribution in [2.75, 3.05) is 7.11 Å². The number of aliphatic imine (C=N–C) groups is 1. The summed E-state index contributed by atoms with van der Waals surface area (Å²) >= 11 is 5.22. The van der Waals surface area contributed by atoms with Gasteiger partial charge in [0.2, 0.25) is 5.90 Å². The lowest BCUT2D eigenvalue weighted by atomic mass is 10.2. The molecule has 0 radical (unpaired) electrons. The first-order chi connectivity index (χ1) is 9.79. The first-order valence-corrected chi connectivity index (χ1v) is 6.70. The van der Waals surface area contributed by atoms with E-state index in [0.717, 1.165) is 11.1 Å². The maximum atomic E-state index is 5.28. The predicted octanol–water partition coefficient (Wildman–Crippen LogP) is 3.15. The largest absolute Gasteiger partial charge is 0.480 e. The monoisotopic (exact) mass is 284 g/mol. The summed E-state index contributed by atoms with van der Waals surface area (Å²) in [5.74, 6) is 0.510. The van der Waals surface area contributed by atoms with E-state index in [1.165, 1.54) is 0 Å². The van der Waals surface area contributed by atoms with Gasteiger partial charge in [-0.1, -0.05) is 48.5 Å². The molecule has 2 aromatic rings. The zero-order valence-electron chi connectivity index (χ0n) is 11.2. The van der Waals surface area contributed by atoms with Gasteiger partial charge in [0.05, 0.1) is 7.11 Å². The van der Waals surface area contributed by atoms with Gasteiger partial charge in [-0.25, -0.2) is 0 Å². The Bertz CT molecular complexity index is 582. The highest BCUT2D eigenvalue weighted by atomic mass is 32.1. The molecule has 4 heteroatoms. The van der Waals surface area contributed by atoms with E-state index in [4.69, 9.17) is 17.0 Å². The second-order valence-electron chi connectivity index (χ2n) is 4.13. The Morgan fingerprint density at radius 2 is 1.65 bits per heavy atom. The van der Waals surface area contributed by atoms with Gasteiger partial charge in [-0.2, -0.15) is 4.99 Å². The van der Waals surface area contributed by atoms with Crippen molar-refractivity contribution < 1.29 is 4.74 Å². The molecule has 0 heterocycles. The molecule has 0 unspecified atom stereocenters. The van der Waals surface area contributed by atoms with Gasteiger partial charge in [0.1, 0.15) is 0 Å². The standard InChI is InChI=1S/C16H16N2OS/c1-19-15(14-10-6-3-7-11-14)18-16(20)17-12-13-8-4-2-5-9-13/h2-11H,12H2,1H3,(H,17,20)/b18-15-. The highest BCUT2D eigenvalue weighted by Crippen LogP contribution is 2.03. The normalized spacial score (nSPS) is 10.9. The van der Waals surface area contributed by atoms with Crippen molar-refractivity contribution in [3.63, 3.8) is 0 Å². The third kappa shape index (κ3) is 4.17. The molecule has 0 fully saturated rings. The lowest BCUT2D eigenvalue weighted by Gasteiger charge is -2.07. The van der Waals surface area contributed by atoms with Gasteiger partial charge in [0, 0.05) is 12.1 Å². The smallest absolute Gasteiger partial charge is 0.223 e. The molecule has 0 aliphatic heterocycles. The summed E-state index contributed by atoms with van der Waals surface area (Å²) < 4.78 is 5.28. The molecule has 102 valence electrons. The van der Waals surface area contributed by atoms with E-state index in [9.17, 15) is 0 Å². The summed E-state index contributed by atoms with van der Waals surface area (Å²) in [6.45, 7) is 0.648. The molecule has 0 bridgehead atoms. The zero-order chi connectivity index (χ0) is 14.2. The van der Waals surface area contributed by atoms with Crippen molar-refractivity contribution in [3.8, 4) is 0 Å². The lowest BCUT2D eigenvalue weighted by molar-refractivity contribution is 0.405. The van der Waals surface area contributed by atoms with Gasteiger partial charge in [-0.05, 0) is 29.9 Å². The van der Waals surface area contributed by atoms with E-state index in [-0.39, 0.29) is 0 Å². The number of nitrogens with one attached hydrogen (secondary N) is 1. The summed E-state index contributed by atoms with van der Waals surface area (Å²) in [5.41, 5.74) is 2.06. The van der Waals surface area contributed by atoms with Gasteiger partial charge in [-0.3, -0.25) is 0 Å². The Morgan fingerprint density at radius 3 is 2.25 bits per heavy atom. The maximum absolute atomic E-state index is 5.28. The molecule has 0 amide bonds. The van der Waals surface area contributed by atoms with Crippen molar-refractivity contribution in [1.82, 2.24) is 5.32 Å². The van der Waals surface area contributed by atoms with Crippen LogP contribution in [-0.2, 0) is 11.3 Å². The van der Waals surface area contributed by atoms with Crippen molar-refractivity contribution in [2.45, 2.75) is 6.54 Å². The molecule has 0 aliphatic rings. The molecule has 2 rings (SSSR count). The average molecular weight is 284 g/mol. The van der Waals surface area contributed by atoms with E-state index >= 15 is 0 Å². The molecule has 0 spiro atoms. The van der Waals surface area contributed by atoms with E-state index in [1.54, 1.807) is 7.11 Å². The third-order valence-corrected chi connectivity index (χ3v) is 2.94. The number of ether oxygens (including phenoxy) is 1. The van der Waals surface area contributed by atoms with Gasteiger partial charge in [0.15, 0.2) is 5.11 Å². The third-order valence-electron chi connectivity index (χ3n) is 2.70. The predicted molar refractivity (Wildman–Crippen MR) is 85.9 cm³/mol. The minimum absolute atomic E-state index is 0.412. The van der Waals surface area contributed by atoms with Crippen LogP contribution in [-0.4, -0.2) is 18.1 Å². The number of thiocarbonyl (C=S) groups is 1. The van der Waals surface area contributed by atoms with Crippen molar-refractivity contribution in [1.29, 1.82) is 0 Å². The second kappa shape index (κ2) is 7.40.